The Balaban J connectivity index is 1.32. The number of likely N-dealkylation sites (tertiary alicyclic amines) is 1. The van der Waals surface area contributed by atoms with E-state index in [0.717, 1.165) is 48.4 Å². The van der Waals surface area contributed by atoms with E-state index in [1.807, 2.05) is 14.0 Å². The predicted octanol–water partition coefficient (Wildman–Crippen LogP) is 5.54. The molecule has 6 rings (SSSR count). The van der Waals surface area contributed by atoms with Gasteiger partial charge in [-0.25, -0.2) is 4.98 Å². The Morgan fingerprint density at radius 2 is 1.97 bits per heavy atom. The first kappa shape index (κ1) is 26.0. The maximum Gasteiger partial charge on any atom is 0.251 e. The van der Waals surface area contributed by atoms with Crippen LogP contribution < -0.4 is 5.32 Å². The van der Waals surface area contributed by atoms with Gasteiger partial charge in [-0.15, -0.1) is 0 Å². The number of carbonyl (C=O) groups is 2. The Bertz CT molecular complexity index is 1400. The standard InChI is InChI=1S/C31H37N5O2/c1-6-7-22(16-32)12-19(2)29(37)34-26-17-33-28-27(20(26)3)25(18-35(28)5)24-8-10-36(11-9-24)30(38)21(4)31-13-23(14-31)15-31/h6-7,12,17-18,21,23-24H,1,8-11,13-15H2,2-5H3,(H,34,37)/b19-12+,22-7+/t21-,23?,31?/m0/s1. The maximum atomic E-state index is 13.2. The van der Waals surface area contributed by atoms with E-state index >= 15 is 0 Å². The van der Waals surface area contributed by atoms with Crippen molar-refractivity contribution < 1.29 is 9.59 Å². The molecule has 1 aliphatic heterocycles. The summed E-state index contributed by atoms with van der Waals surface area (Å²) in [7, 11) is 2.00. The van der Waals surface area contributed by atoms with Gasteiger partial charge in [0.1, 0.15) is 5.65 Å². The minimum absolute atomic E-state index is 0.147. The van der Waals surface area contributed by atoms with Crippen molar-refractivity contribution in [3.8, 4) is 6.07 Å². The van der Waals surface area contributed by atoms with Gasteiger partial charge in [-0.3, -0.25) is 9.59 Å². The van der Waals surface area contributed by atoms with Crippen LogP contribution in [-0.4, -0.2) is 39.4 Å². The molecule has 1 saturated heterocycles. The number of fused-ring (bicyclic) bond motifs is 1. The summed E-state index contributed by atoms with van der Waals surface area (Å²) < 4.78 is 2.05. The van der Waals surface area contributed by atoms with Gasteiger partial charge >= 0.3 is 0 Å². The summed E-state index contributed by atoms with van der Waals surface area (Å²) in [5.74, 6) is 1.43. The fourth-order valence-corrected chi connectivity index (χ4v) is 6.76. The Morgan fingerprint density at radius 1 is 1.29 bits per heavy atom. The second-order valence-corrected chi connectivity index (χ2v) is 11.6. The van der Waals surface area contributed by atoms with Gasteiger partial charge < -0.3 is 14.8 Å². The number of rotatable bonds is 7. The van der Waals surface area contributed by atoms with Crippen molar-refractivity contribution in [1.82, 2.24) is 14.5 Å². The maximum absolute atomic E-state index is 13.2. The molecular weight excluding hydrogens is 474 g/mol. The number of nitrogens with zero attached hydrogens (tertiary/aromatic N) is 4. The van der Waals surface area contributed by atoms with Gasteiger partial charge in [0.15, 0.2) is 0 Å². The smallest absolute Gasteiger partial charge is 0.251 e. The molecule has 38 heavy (non-hydrogen) atoms. The Kier molecular flexibility index (Phi) is 6.77. The average Bonchev–Trinajstić information content (AvgIpc) is 3.19. The molecule has 0 radical (unpaired) electrons. The zero-order valence-corrected chi connectivity index (χ0v) is 22.9. The highest BCUT2D eigenvalue weighted by molar-refractivity contribution is 6.05. The number of pyridine rings is 1. The van der Waals surface area contributed by atoms with E-state index in [2.05, 4.69) is 45.5 Å². The van der Waals surface area contributed by atoms with Crippen LogP contribution in [0.15, 0.2) is 48.3 Å². The molecule has 3 aliphatic carbocycles. The van der Waals surface area contributed by atoms with E-state index in [1.165, 1.54) is 30.9 Å². The van der Waals surface area contributed by atoms with Gasteiger partial charge in [-0.1, -0.05) is 19.6 Å². The molecule has 3 saturated carbocycles. The van der Waals surface area contributed by atoms with Crippen molar-refractivity contribution >= 4 is 28.5 Å². The molecule has 2 aromatic heterocycles. The molecule has 4 fully saturated rings. The lowest BCUT2D eigenvalue weighted by molar-refractivity contribution is -0.173. The second-order valence-electron chi connectivity index (χ2n) is 11.6. The van der Waals surface area contributed by atoms with E-state index in [0.29, 0.717) is 34.1 Å². The first-order chi connectivity index (χ1) is 18.2. The van der Waals surface area contributed by atoms with Crippen molar-refractivity contribution in [1.29, 1.82) is 5.26 Å². The summed E-state index contributed by atoms with van der Waals surface area (Å²) in [4.78, 5) is 32.9. The molecule has 0 unspecified atom stereocenters. The van der Waals surface area contributed by atoms with Crippen LogP contribution in [0.4, 0.5) is 5.69 Å². The second kappa shape index (κ2) is 9.90. The van der Waals surface area contributed by atoms with E-state index < -0.39 is 0 Å². The largest absolute Gasteiger partial charge is 0.342 e. The average molecular weight is 512 g/mol. The molecule has 2 aromatic rings. The summed E-state index contributed by atoms with van der Waals surface area (Å²) in [6, 6.07) is 2.06. The monoisotopic (exact) mass is 511 g/mol. The molecule has 1 atom stereocenters. The zero-order chi connectivity index (χ0) is 27.2. The highest BCUT2D eigenvalue weighted by atomic mass is 16.2. The number of amides is 2. The molecule has 3 heterocycles. The van der Waals surface area contributed by atoms with Gasteiger partial charge in [0.25, 0.3) is 5.91 Å². The van der Waals surface area contributed by atoms with Crippen LogP contribution in [0, 0.1) is 35.5 Å². The van der Waals surface area contributed by atoms with Crippen molar-refractivity contribution in [2.45, 2.75) is 58.8 Å². The number of anilines is 1. The number of carbonyl (C=O) groups excluding carboxylic acids is 2. The Labute approximate surface area is 224 Å². The Morgan fingerprint density at radius 3 is 2.55 bits per heavy atom. The normalized spacial score (nSPS) is 24.3. The van der Waals surface area contributed by atoms with Crippen LogP contribution in [0.2, 0.25) is 0 Å². The summed E-state index contributed by atoms with van der Waals surface area (Å²) in [5.41, 5.74) is 4.86. The van der Waals surface area contributed by atoms with Gasteiger partial charge in [0, 0.05) is 43.2 Å². The molecule has 2 amide bonds. The molecule has 7 nitrogen and oxygen atoms in total. The lowest BCUT2D eigenvalue weighted by Crippen LogP contribution is -2.59. The highest BCUT2D eigenvalue weighted by Crippen LogP contribution is 2.68. The van der Waals surface area contributed by atoms with Crippen LogP contribution in [-0.2, 0) is 16.6 Å². The summed E-state index contributed by atoms with van der Waals surface area (Å²) >= 11 is 0. The third kappa shape index (κ3) is 4.36. The fourth-order valence-electron chi connectivity index (χ4n) is 6.76. The summed E-state index contributed by atoms with van der Waals surface area (Å²) in [6.45, 7) is 11.0. The van der Waals surface area contributed by atoms with Crippen molar-refractivity contribution in [3.05, 3.63) is 59.5 Å². The SMILES string of the molecule is C=C/C=C(C#N)\C=C(/C)C(=O)Nc1cnc2c(c(C3CCN(C(=O)[C@H](C)C45CC(C4)C5)CC3)cn2C)c1C. The van der Waals surface area contributed by atoms with Gasteiger partial charge in [-0.2, -0.15) is 5.26 Å². The van der Waals surface area contributed by atoms with Crippen LogP contribution in [0.3, 0.4) is 0 Å². The number of aromatic nitrogens is 2. The summed E-state index contributed by atoms with van der Waals surface area (Å²) in [6.07, 6.45) is 14.1. The van der Waals surface area contributed by atoms with Gasteiger partial charge in [0.05, 0.1) is 23.5 Å². The first-order valence-corrected chi connectivity index (χ1v) is 13.6. The third-order valence-electron chi connectivity index (χ3n) is 9.30. The molecule has 0 spiro atoms. The van der Waals surface area contributed by atoms with Gasteiger partial charge in [0.2, 0.25) is 5.91 Å². The Hall–Kier alpha value is -3.66. The number of piperidine rings is 1. The number of nitrogens with one attached hydrogen (secondary N) is 1. The quantitative estimate of drug-likeness (QED) is 0.300. The lowest BCUT2D eigenvalue weighted by atomic mass is 9.40. The number of hydrogen-bond acceptors (Lipinski definition) is 4. The minimum Gasteiger partial charge on any atom is -0.342 e. The first-order valence-electron chi connectivity index (χ1n) is 13.6. The van der Waals surface area contributed by atoms with Crippen LogP contribution in [0.25, 0.3) is 11.0 Å². The number of nitriles is 1. The molecule has 2 bridgehead atoms. The fraction of sp³-hybridized carbons (Fsp3) is 0.484. The van der Waals surface area contributed by atoms with Crippen LogP contribution >= 0.6 is 0 Å². The molecule has 1 N–H and O–H groups in total. The molecule has 0 aromatic carbocycles. The summed E-state index contributed by atoms with van der Waals surface area (Å²) in [5, 5.41) is 13.3. The molecule has 4 aliphatic rings. The van der Waals surface area contributed by atoms with Gasteiger partial charge in [-0.05, 0) is 86.5 Å². The topological polar surface area (TPSA) is 91.0 Å². The van der Waals surface area contributed by atoms with E-state index in [1.54, 1.807) is 25.3 Å². The van der Waals surface area contributed by atoms with E-state index in [9.17, 15) is 14.9 Å². The highest BCUT2D eigenvalue weighted by Gasteiger charge is 2.61. The predicted molar refractivity (Wildman–Crippen MR) is 149 cm³/mol. The number of aryl methyl sites for hydroxylation is 2. The van der Waals surface area contributed by atoms with Crippen LogP contribution in [0.1, 0.15) is 63.0 Å². The molecule has 198 valence electrons. The lowest BCUT2D eigenvalue weighted by Gasteiger charge is -2.64. The molecular formula is C31H37N5O2. The van der Waals surface area contributed by atoms with Crippen LogP contribution in [0.5, 0.6) is 0 Å². The van der Waals surface area contributed by atoms with E-state index in [4.69, 9.17) is 0 Å². The zero-order valence-electron chi connectivity index (χ0n) is 22.9. The van der Waals surface area contributed by atoms with Crippen molar-refractivity contribution in [3.63, 3.8) is 0 Å². The molecule has 7 heteroatoms. The third-order valence-corrected chi connectivity index (χ3v) is 9.30. The minimum atomic E-state index is -0.276. The number of hydrogen-bond donors (Lipinski definition) is 1. The number of allylic oxidation sites excluding steroid dienone is 4. The van der Waals surface area contributed by atoms with Crippen molar-refractivity contribution in [2.24, 2.45) is 24.3 Å². The van der Waals surface area contributed by atoms with Crippen molar-refractivity contribution in [2.75, 3.05) is 18.4 Å². The van der Waals surface area contributed by atoms with E-state index in [-0.39, 0.29) is 11.8 Å².